The number of carbonyl (C=O) groups excluding carboxylic acids is 1. The van der Waals surface area contributed by atoms with Crippen LogP contribution >= 0.6 is 0 Å². The van der Waals surface area contributed by atoms with Crippen molar-refractivity contribution in [2.75, 3.05) is 51.2 Å². The summed E-state index contributed by atoms with van der Waals surface area (Å²) in [5.41, 5.74) is 0. The Balaban J connectivity index is 1.21. The lowest BCUT2D eigenvalue weighted by atomic mass is 9.95. The largest absolute Gasteiger partial charge is 0.366 e. The van der Waals surface area contributed by atoms with Gasteiger partial charge in [0.1, 0.15) is 12.4 Å². The highest BCUT2D eigenvalue weighted by atomic mass is 16.5. The summed E-state index contributed by atoms with van der Waals surface area (Å²) in [7, 11) is 0. The molecule has 0 bridgehead atoms. The molecule has 3 heterocycles. The van der Waals surface area contributed by atoms with Crippen molar-refractivity contribution >= 4 is 11.7 Å². The van der Waals surface area contributed by atoms with Gasteiger partial charge in [-0.25, -0.2) is 4.98 Å². The highest BCUT2D eigenvalue weighted by Crippen LogP contribution is 2.31. The maximum absolute atomic E-state index is 12.3. The average Bonchev–Trinajstić information content (AvgIpc) is 3.49. The lowest BCUT2D eigenvalue weighted by molar-refractivity contribution is -0.149. The summed E-state index contributed by atoms with van der Waals surface area (Å²) in [6, 6.07) is 0. The molecule has 7 heteroatoms. The van der Waals surface area contributed by atoms with Crippen LogP contribution in [0.3, 0.4) is 0 Å². The van der Waals surface area contributed by atoms with Crippen molar-refractivity contribution in [3.63, 3.8) is 0 Å². The Hall–Kier alpha value is -1.73. The smallest absolute Gasteiger partial charge is 0.248 e. The number of aromatic nitrogens is 2. The first-order chi connectivity index (χ1) is 12.8. The third-order valence-corrected chi connectivity index (χ3v) is 5.69. The van der Waals surface area contributed by atoms with Crippen molar-refractivity contribution in [1.82, 2.24) is 19.8 Å². The molecule has 2 saturated heterocycles. The molecular weight excluding hydrogens is 330 g/mol. The summed E-state index contributed by atoms with van der Waals surface area (Å²) in [4.78, 5) is 25.1. The van der Waals surface area contributed by atoms with Crippen molar-refractivity contribution in [1.29, 1.82) is 0 Å². The van der Waals surface area contributed by atoms with Gasteiger partial charge in [-0.3, -0.25) is 9.78 Å². The zero-order valence-electron chi connectivity index (χ0n) is 15.3. The van der Waals surface area contributed by atoms with Gasteiger partial charge in [0.15, 0.2) is 0 Å². The number of hydrogen-bond donors (Lipinski definition) is 1. The van der Waals surface area contributed by atoms with Crippen molar-refractivity contribution in [3.05, 3.63) is 18.6 Å². The van der Waals surface area contributed by atoms with Gasteiger partial charge in [0.05, 0.1) is 12.3 Å². The predicted octanol–water partition coefficient (Wildman–Crippen LogP) is 1.24. The number of morpholine rings is 1. The Morgan fingerprint density at radius 2 is 1.92 bits per heavy atom. The van der Waals surface area contributed by atoms with Gasteiger partial charge in [-0.15, -0.1) is 0 Å². The summed E-state index contributed by atoms with van der Waals surface area (Å²) in [5.74, 6) is 2.46. The van der Waals surface area contributed by atoms with E-state index < -0.39 is 0 Å². The first-order valence-electron chi connectivity index (χ1n) is 9.88. The molecule has 0 radical (unpaired) electrons. The Kier molecular flexibility index (Phi) is 5.65. The van der Waals surface area contributed by atoms with Crippen LogP contribution in [0.4, 0.5) is 5.82 Å². The van der Waals surface area contributed by atoms with Gasteiger partial charge in [-0.05, 0) is 50.6 Å². The van der Waals surface area contributed by atoms with Crippen LogP contribution in [0.5, 0.6) is 0 Å². The van der Waals surface area contributed by atoms with Gasteiger partial charge < -0.3 is 19.9 Å². The molecule has 26 heavy (non-hydrogen) atoms. The molecule has 142 valence electrons. The van der Waals surface area contributed by atoms with Gasteiger partial charge in [0.2, 0.25) is 5.91 Å². The van der Waals surface area contributed by atoms with Crippen LogP contribution in [0.15, 0.2) is 18.6 Å². The highest BCUT2D eigenvalue weighted by Gasteiger charge is 2.31. The molecule has 0 unspecified atom stereocenters. The van der Waals surface area contributed by atoms with Crippen LogP contribution in [0.2, 0.25) is 0 Å². The molecule has 1 aromatic rings. The van der Waals surface area contributed by atoms with Crippen molar-refractivity contribution in [2.24, 2.45) is 11.8 Å². The number of carbonyl (C=O) groups is 1. The van der Waals surface area contributed by atoms with E-state index in [1.54, 1.807) is 18.6 Å². The van der Waals surface area contributed by atoms with Crippen LogP contribution in [0.25, 0.3) is 0 Å². The van der Waals surface area contributed by atoms with E-state index in [0.29, 0.717) is 19.0 Å². The van der Waals surface area contributed by atoms with Crippen LogP contribution < -0.4 is 5.32 Å². The second-order valence-corrected chi connectivity index (χ2v) is 7.89. The number of piperidine rings is 1. The summed E-state index contributed by atoms with van der Waals surface area (Å²) >= 11 is 0. The Morgan fingerprint density at radius 1 is 1.12 bits per heavy atom. The highest BCUT2D eigenvalue weighted by molar-refractivity contribution is 5.78. The van der Waals surface area contributed by atoms with E-state index >= 15 is 0 Å². The normalized spacial score (nSPS) is 25.5. The summed E-state index contributed by atoms with van der Waals surface area (Å²) in [6.07, 6.45) is 10.3. The standard InChI is InChI=1S/C19H29N5O2/c25-19-14-26-17(9-22-18-10-20-5-6-21-18)13-24(19)12-16-3-7-23(8-4-16)11-15-1-2-15/h5-6,10,15-17H,1-4,7-9,11-14H2,(H,21,22)/t17-/m0/s1. The zero-order chi connectivity index (χ0) is 17.8. The predicted molar refractivity (Wildman–Crippen MR) is 98.7 cm³/mol. The SMILES string of the molecule is O=C1CO[C@@H](CNc2cnccn2)CN1CC1CCN(CC2CC2)CC1. The first-order valence-corrected chi connectivity index (χ1v) is 9.88. The number of nitrogens with zero attached hydrogens (tertiary/aromatic N) is 4. The Morgan fingerprint density at radius 3 is 2.65 bits per heavy atom. The number of anilines is 1. The van der Waals surface area contributed by atoms with Crippen molar-refractivity contribution in [3.8, 4) is 0 Å². The molecule has 1 saturated carbocycles. The number of nitrogens with one attached hydrogen (secondary N) is 1. The second kappa shape index (κ2) is 8.31. The Labute approximate surface area is 155 Å². The van der Waals surface area contributed by atoms with Crippen LogP contribution in [0.1, 0.15) is 25.7 Å². The monoisotopic (exact) mass is 359 g/mol. The lowest BCUT2D eigenvalue weighted by Crippen LogP contribution is -2.51. The topological polar surface area (TPSA) is 70.6 Å². The number of rotatable bonds is 7. The Bertz CT molecular complexity index is 587. The lowest BCUT2D eigenvalue weighted by Gasteiger charge is -2.38. The van der Waals surface area contributed by atoms with Gasteiger partial charge in [0.25, 0.3) is 0 Å². The third kappa shape index (κ3) is 4.92. The van der Waals surface area contributed by atoms with E-state index in [1.807, 2.05) is 4.90 Å². The quantitative estimate of drug-likeness (QED) is 0.790. The van der Waals surface area contributed by atoms with E-state index in [1.165, 1.54) is 45.3 Å². The van der Waals surface area contributed by atoms with E-state index in [4.69, 9.17) is 4.74 Å². The molecule has 1 aliphatic carbocycles. The summed E-state index contributed by atoms with van der Waals surface area (Å²) in [6.45, 7) is 6.04. The average molecular weight is 359 g/mol. The van der Waals surface area contributed by atoms with Gasteiger partial charge in [0, 0.05) is 38.6 Å². The summed E-state index contributed by atoms with van der Waals surface area (Å²) in [5, 5.41) is 3.24. The van der Waals surface area contributed by atoms with Crippen molar-refractivity contribution in [2.45, 2.75) is 31.8 Å². The maximum atomic E-state index is 12.3. The molecule has 1 N–H and O–H groups in total. The summed E-state index contributed by atoms with van der Waals surface area (Å²) < 4.78 is 5.69. The van der Waals surface area contributed by atoms with Gasteiger partial charge in [-0.1, -0.05) is 0 Å². The van der Waals surface area contributed by atoms with Gasteiger partial charge >= 0.3 is 0 Å². The van der Waals surface area contributed by atoms with E-state index in [9.17, 15) is 4.79 Å². The van der Waals surface area contributed by atoms with E-state index in [0.717, 1.165) is 18.3 Å². The molecule has 2 aliphatic heterocycles. The fourth-order valence-electron chi connectivity index (χ4n) is 3.92. The number of hydrogen-bond acceptors (Lipinski definition) is 6. The third-order valence-electron chi connectivity index (χ3n) is 5.69. The van der Waals surface area contributed by atoms with Crippen molar-refractivity contribution < 1.29 is 9.53 Å². The van der Waals surface area contributed by atoms with Gasteiger partial charge in [-0.2, -0.15) is 0 Å². The second-order valence-electron chi connectivity index (χ2n) is 7.89. The molecule has 1 atom stereocenters. The molecule has 4 rings (SSSR count). The minimum Gasteiger partial charge on any atom is -0.366 e. The molecule has 7 nitrogen and oxygen atoms in total. The minimum atomic E-state index is 0.00432. The molecular formula is C19H29N5O2. The van der Waals surface area contributed by atoms with E-state index in [-0.39, 0.29) is 18.6 Å². The molecule has 1 amide bonds. The van der Waals surface area contributed by atoms with Crippen LogP contribution in [-0.4, -0.2) is 77.7 Å². The maximum Gasteiger partial charge on any atom is 0.248 e. The molecule has 3 fully saturated rings. The van der Waals surface area contributed by atoms with Crippen LogP contribution in [-0.2, 0) is 9.53 Å². The fraction of sp³-hybridized carbons (Fsp3) is 0.737. The number of likely N-dealkylation sites (tertiary alicyclic amines) is 1. The molecule has 0 aromatic carbocycles. The molecule has 0 spiro atoms. The molecule has 1 aromatic heterocycles. The zero-order valence-corrected chi connectivity index (χ0v) is 15.3. The van der Waals surface area contributed by atoms with Crippen LogP contribution in [0, 0.1) is 11.8 Å². The number of amides is 1. The van der Waals surface area contributed by atoms with E-state index in [2.05, 4.69) is 20.2 Å². The fourth-order valence-corrected chi connectivity index (χ4v) is 3.92. The minimum absolute atomic E-state index is 0.00432. The first kappa shape index (κ1) is 17.7. The number of ether oxygens (including phenoxy) is 1. The molecule has 3 aliphatic rings.